The van der Waals surface area contributed by atoms with Gasteiger partial charge in [0.15, 0.2) is 0 Å². The van der Waals surface area contributed by atoms with Crippen LogP contribution < -0.4 is 4.74 Å². The van der Waals surface area contributed by atoms with E-state index in [1.807, 2.05) is 6.07 Å². The number of aromatic amines is 2. The largest absolute Gasteiger partial charge is 0.497 e. The number of aromatic nitrogens is 2. The molecule has 0 saturated carbocycles. The zero-order valence-electron chi connectivity index (χ0n) is 19.1. The number of H-pyrrole nitrogens is 2. The van der Waals surface area contributed by atoms with Crippen molar-refractivity contribution in [2.45, 2.75) is 25.7 Å². The summed E-state index contributed by atoms with van der Waals surface area (Å²) < 4.78 is 5.40. The van der Waals surface area contributed by atoms with E-state index in [0.29, 0.717) is 0 Å². The minimum atomic E-state index is 0.930. The molecule has 5 heteroatoms. The quantitative estimate of drug-likeness (QED) is 0.399. The molecule has 0 aliphatic carbocycles. The van der Waals surface area contributed by atoms with Gasteiger partial charge >= 0.3 is 0 Å². The molecule has 5 rings (SSSR count). The number of ether oxygens (including phenoxy) is 1. The average molecular weight is 431 g/mol. The van der Waals surface area contributed by atoms with Gasteiger partial charge in [-0.25, -0.2) is 0 Å². The van der Waals surface area contributed by atoms with Crippen LogP contribution in [0.2, 0.25) is 0 Å². The number of nitrogens with one attached hydrogen (secondary N) is 2. The average Bonchev–Trinajstić information content (AvgIpc) is 3.44. The van der Waals surface area contributed by atoms with Crippen molar-refractivity contribution < 1.29 is 4.74 Å². The summed E-state index contributed by atoms with van der Waals surface area (Å²) in [6.07, 6.45) is 9.04. The highest BCUT2D eigenvalue weighted by molar-refractivity contribution is 5.84. The van der Waals surface area contributed by atoms with Crippen molar-refractivity contribution in [3.05, 3.63) is 66.0 Å². The Labute approximate surface area is 190 Å². The van der Waals surface area contributed by atoms with Crippen LogP contribution in [-0.4, -0.2) is 66.1 Å². The van der Waals surface area contributed by atoms with Gasteiger partial charge in [-0.2, -0.15) is 0 Å². The molecule has 1 aliphatic rings. The van der Waals surface area contributed by atoms with Gasteiger partial charge in [-0.1, -0.05) is 18.2 Å². The number of hydrogen-bond acceptors (Lipinski definition) is 3. The second-order valence-corrected chi connectivity index (χ2v) is 8.98. The van der Waals surface area contributed by atoms with Crippen molar-refractivity contribution in [3.8, 4) is 5.75 Å². The Morgan fingerprint density at radius 3 is 2.00 bits per heavy atom. The van der Waals surface area contributed by atoms with E-state index in [2.05, 4.69) is 68.6 Å². The zero-order valence-corrected chi connectivity index (χ0v) is 19.1. The molecule has 2 N–H and O–H groups in total. The summed E-state index contributed by atoms with van der Waals surface area (Å²) in [7, 11) is 1.73. The lowest BCUT2D eigenvalue weighted by Crippen LogP contribution is -2.46. The van der Waals surface area contributed by atoms with Crippen LogP contribution in [0.5, 0.6) is 5.75 Å². The molecule has 0 radical (unpaired) electrons. The first-order valence-electron chi connectivity index (χ1n) is 11.9. The van der Waals surface area contributed by atoms with E-state index in [1.54, 1.807) is 7.11 Å². The van der Waals surface area contributed by atoms with Crippen LogP contribution in [0.15, 0.2) is 54.9 Å². The van der Waals surface area contributed by atoms with Gasteiger partial charge in [0.2, 0.25) is 0 Å². The third kappa shape index (κ3) is 4.69. The first kappa shape index (κ1) is 21.1. The number of methoxy groups -OCH3 is 1. The molecule has 3 heterocycles. The maximum absolute atomic E-state index is 5.40. The maximum Gasteiger partial charge on any atom is 0.119 e. The van der Waals surface area contributed by atoms with Crippen molar-refractivity contribution >= 4 is 21.8 Å². The Morgan fingerprint density at radius 1 is 0.750 bits per heavy atom. The Bertz CT molecular complexity index is 1150. The van der Waals surface area contributed by atoms with E-state index in [0.717, 1.165) is 18.6 Å². The van der Waals surface area contributed by atoms with E-state index in [4.69, 9.17) is 4.74 Å². The maximum atomic E-state index is 5.40. The molecule has 1 aliphatic heterocycles. The van der Waals surface area contributed by atoms with Gasteiger partial charge in [0.25, 0.3) is 0 Å². The minimum absolute atomic E-state index is 0.930. The summed E-state index contributed by atoms with van der Waals surface area (Å²) in [6.45, 7) is 7.14. The number of hydrogen-bond donors (Lipinski definition) is 2. The number of benzene rings is 2. The second-order valence-electron chi connectivity index (χ2n) is 8.98. The van der Waals surface area contributed by atoms with Crippen LogP contribution >= 0.6 is 0 Å². The molecule has 32 heavy (non-hydrogen) atoms. The number of aryl methyl sites for hydroxylation is 2. The zero-order chi connectivity index (χ0) is 21.8. The highest BCUT2D eigenvalue weighted by Gasteiger charge is 2.16. The summed E-state index contributed by atoms with van der Waals surface area (Å²) in [4.78, 5) is 12.1. The van der Waals surface area contributed by atoms with Crippen molar-refractivity contribution in [2.75, 3.05) is 46.4 Å². The van der Waals surface area contributed by atoms with Crippen molar-refractivity contribution in [1.82, 2.24) is 19.8 Å². The molecule has 2 aromatic carbocycles. The molecule has 0 atom stereocenters. The summed E-state index contributed by atoms with van der Waals surface area (Å²) in [6, 6.07) is 14.9. The van der Waals surface area contributed by atoms with Gasteiger partial charge in [-0.05, 0) is 74.2 Å². The summed E-state index contributed by atoms with van der Waals surface area (Å²) in [5, 5.41) is 2.68. The highest BCUT2D eigenvalue weighted by Crippen LogP contribution is 2.24. The third-order valence-electron chi connectivity index (χ3n) is 6.96. The van der Waals surface area contributed by atoms with Crippen molar-refractivity contribution in [3.63, 3.8) is 0 Å². The first-order valence-corrected chi connectivity index (χ1v) is 11.9. The van der Waals surface area contributed by atoms with Crippen LogP contribution in [0.25, 0.3) is 21.8 Å². The van der Waals surface area contributed by atoms with Gasteiger partial charge in [0, 0.05) is 60.4 Å². The Morgan fingerprint density at radius 2 is 1.34 bits per heavy atom. The molecule has 1 saturated heterocycles. The molecule has 4 aromatic rings. The molecular weight excluding hydrogens is 396 g/mol. The fraction of sp³-hybridized carbons (Fsp3) is 0.407. The SMILES string of the molecule is COc1ccc2[nH]cc(CCCN3CCN(CCCc4c[nH]c5ccccc45)CC3)c2c1. The predicted molar refractivity (Wildman–Crippen MR) is 133 cm³/mol. The molecule has 0 unspecified atom stereocenters. The van der Waals surface area contributed by atoms with Gasteiger partial charge in [-0.15, -0.1) is 0 Å². The minimum Gasteiger partial charge on any atom is -0.497 e. The number of piperazine rings is 1. The molecule has 0 spiro atoms. The third-order valence-corrected chi connectivity index (χ3v) is 6.96. The smallest absolute Gasteiger partial charge is 0.119 e. The molecular formula is C27H34N4O. The summed E-state index contributed by atoms with van der Waals surface area (Å²) in [5.41, 5.74) is 5.30. The van der Waals surface area contributed by atoms with Gasteiger partial charge < -0.3 is 24.5 Å². The van der Waals surface area contributed by atoms with E-state index in [1.165, 1.54) is 85.0 Å². The van der Waals surface area contributed by atoms with Crippen LogP contribution in [0, 0.1) is 0 Å². The summed E-state index contributed by atoms with van der Waals surface area (Å²) in [5.74, 6) is 0.930. The molecule has 2 aromatic heterocycles. The van der Waals surface area contributed by atoms with Crippen LogP contribution in [0.3, 0.4) is 0 Å². The fourth-order valence-electron chi connectivity index (χ4n) is 5.05. The number of para-hydroxylation sites is 1. The van der Waals surface area contributed by atoms with E-state index >= 15 is 0 Å². The van der Waals surface area contributed by atoms with Gasteiger partial charge in [0.1, 0.15) is 5.75 Å². The van der Waals surface area contributed by atoms with Gasteiger partial charge in [0.05, 0.1) is 7.11 Å². The Kier molecular flexibility index (Phi) is 6.46. The molecule has 1 fully saturated rings. The van der Waals surface area contributed by atoms with E-state index in [9.17, 15) is 0 Å². The lowest BCUT2D eigenvalue weighted by atomic mass is 10.1. The van der Waals surface area contributed by atoms with Crippen LogP contribution in [0.1, 0.15) is 24.0 Å². The molecule has 168 valence electrons. The highest BCUT2D eigenvalue weighted by atomic mass is 16.5. The second kappa shape index (κ2) is 9.80. The molecule has 5 nitrogen and oxygen atoms in total. The topological polar surface area (TPSA) is 47.3 Å². The molecule has 0 amide bonds. The van der Waals surface area contributed by atoms with E-state index < -0.39 is 0 Å². The fourth-order valence-corrected chi connectivity index (χ4v) is 5.05. The monoisotopic (exact) mass is 430 g/mol. The standard InChI is InChI=1S/C27H34N4O/c1-32-23-10-11-27-25(18-23)22(20-29-27)7-5-13-31-16-14-30(15-17-31)12-4-6-21-19-28-26-9-3-2-8-24(21)26/h2-3,8-11,18-20,28-29H,4-7,12-17H2,1H3. The number of fused-ring (bicyclic) bond motifs is 2. The lowest BCUT2D eigenvalue weighted by Gasteiger charge is -2.34. The van der Waals surface area contributed by atoms with Crippen LogP contribution in [-0.2, 0) is 12.8 Å². The predicted octanol–water partition coefficient (Wildman–Crippen LogP) is 4.84. The lowest BCUT2D eigenvalue weighted by molar-refractivity contribution is 0.130. The normalized spacial score (nSPS) is 15.7. The Hall–Kier alpha value is -2.76. The van der Waals surface area contributed by atoms with Crippen molar-refractivity contribution in [1.29, 1.82) is 0 Å². The Balaban J connectivity index is 1.03. The van der Waals surface area contributed by atoms with E-state index in [-0.39, 0.29) is 0 Å². The first-order chi connectivity index (χ1) is 15.8. The van der Waals surface area contributed by atoms with Crippen molar-refractivity contribution in [2.24, 2.45) is 0 Å². The van der Waals surface area contributed by atoms with Gasteiger partial charge in [-0.3, -0.25) is 0 Å². The summed E-state index contributed by atoms with van der Waals surface area (Å²) >= 11 is 0. The number of nitrogens with zero attached hydrogens (tertiary/aromatic N) is 2. The number of rotatable bonds is 9. The van der Waals surface area contributed by atoms with Crippen LogP contribution in [0.4, 0.5) is 0 Å². The molecule has 0 bridgehead atoms.